The van der Waals surface area contributed by atoms with Crippen LogP contribution in [0, 0.1) is 6.92 Å². The molecule has 0 aliphatic rings. The van der Waals surface area contributed by atoms with Gasteiger partial charge in [0.05, 0.1) is 27.5 Å². The molecule has 0 aliphatic carbocycles. The fourth-order valence-corrected chi connectivity index (χ4v) is 3.26. The smallest absolute Gasteiger partial charge is 0.294 e. The summed E-state index contributed by atoms with van der Waals surface area (Å²) >= 11 is 0. The number of hydrazone groups is 1. The second kappa shape index (κ2) is 9.91. The predicted molar refractivity (Wildman–Crippen MR) is 125 cm³/mol. The van der Waals surface area contributed by atoms with Crippen LogP contribution in [0.25, 0.3) is 17.1 Å². The number of amides is 1. The highest BCUT2D eigenvalue weighted by molar-refractivity contribution is 5.99. The average Bonchev–Trinajstić information content (AvgIpc) is 3.50. The number of nitrogen functional groups attached to an aromatic ring is 1. The topological polar surface area (TPSA) is 165 Å². The van der Waals surface area contributed by atoms with Gasteiger partial charge in [0.1, 0.15) is 11.4 Å². The van der Waals surface area contributed by atoms with Crippen molar-refractivity contribution in [2.75, 3.05) is 27.1 Å². The molecule has 2 aromatic heterocycles. The van der Waals surface area contributed by atoms with Gasteiger partial charge in [0.15, 0.2) is 17.2 Å². The number of carbonyl (C=O) groups is 1. The largest absolute Gasteiger partial charge is 0.496 e. The molecular formula is C22H22N8O5. The normalized spacial score (nSPS) is 11.0. The maximum Gasteiger partial charge on any atom is 0.294 e. The lowest BCUT2D eigenvalue weighted by Crippen LogP contribution is -2.19. The summed E-state index contributed by atoms with van der Waals surface area (Å²) in [5.74, 6) is 0.925. The van der Waals surface area contributed by atoms with Crippen LogP contribution in [0.2, 0.25) is 0 Å². The number of ether oxygens (including phenoxy) is 3. The number of aryl methyl sites for hydroxylation is 1. The van der Waals surface area contributed by atoms with Crippen LogP contribution in [-0.4, -0.2) is 58.8 Å². The second-order valence-corrected chi connectivity index (χ2v) is 7.19. The van der Waals surface area contributed by atoms with Gasteiger partial charge in [-0.15, -0.1) is 5.10 Å². The Kier molecular flexibility index (Phi) is 6.57. The quantitative estimate of drug-likeness (QED) is 0.282. The molecule has 13 heteroatoms. The minimum absolute atomic E-state index is 0.00575. The van der Waals surface area contributed by atoms with Crippen molar-refractivity contribution >= 4 is 17.9 Å². The molecule has 0 spiro atoms. The number of hydrogen-bond donors (Lipinski definition) is 2. The minimum Gasteiger partial charge on any atom is -0.496 e. The van der Waals surface area contributed by atoms with Crippen LogP contribution in [-0.2, 0) is 0 Å². The lowest BCUT2D eigenvalue weighted by molar-refractivity contribution is 0.0950. The summed E-state index contributed by atoms with van der Waals surface area (Å²) in [5, 5.41) is 19.4. The monoisotopic (exact) mass is 478 g/mol. The zero-order valence-corrected chi connectivity index (χ0v) is 19.3. The van der Waals surface area contributed by atoms with Gasteiger partial charge in [-0.1, -0.05) is 35.0 Å². The third kappa shape index (κ3) is 4.59. The van der Waals surface area contributed by atoms with Crippen molar-refractivity contribution < 1.29 is 23.6 Å². The van der Waals surface area contributed by atoms with Gasteiger partial charge in [-0.05, 0) is 23.3 Å². The first-order valence-corrected chi connectivity index (χ1v) is 10.2. The van der Waals surface area contributed by atoms with Gasteiger partial charge in [-0.25, -0.2) is 10.1 Å². The van der Waals surface area contributed by atoms with E-state index in [2.05, 4.69) is 35.8 Å². The summed E-state index contributed by atoms with van der Waals surface area (Å²) in [4.78, 5) is 13.0. The second-order valence-electron chi connectivity index (χ2n) is 7.19. The van der Waals surface area contributed by atoms with Crippen LogP contribution in [0.15, 0.2) is 46.1 Å². The van der Waals surface area contributed by atoms with E-state index in [9.17, 15) is 4.79 Å². The van der Waals surface area contributed by atoms with Crippen molar-refractivity contribution in [1.82, 2.24) is 30.7 Å². The van der Waals surface area contributed by atoms with Crippen LogP contribution < -0.4 is 25.4 Å². The highest BCUT2D eigenvalue weighted by Gasteiger charge is 2.25. The average molecular weight is 478 g/mol. The Labute approximate surface area is 199 Å². The van der Waals surface area contributed by atoms with Gasteiger partial charge in [-0.2, -0.15) is 9.78 Å². The third-order valence-electron chi connectivity index (χ3n) is 5.01. The number of hydrogen-bond acceptors (Lipinski definition) is 11. The van der Waals surface area contributed by atoms with Crippen molar-refractivity contribution in [3.8, 4) is 34.3 Å². The number of aromatic nitrogens is 5. The Morgan fingerprint density at radius 1 is 1.06 bits per heavy atom. The Hall–Kier alpha value is -4.94. The molecule has 2 heterocycles. The third-order valence-corrected chi connectivity index (χ3v) is 5.01. The van der Waals surface area contributed by atoms with Crippen molar-refractivity contribution in [2.45, 2.75) is 6.92 Å². The number of carbonyl (C=O) groups excluding carboxylic acids is 1. The van der Waals surface area contributed by atoms with Gasteiger partial charge in [0, 0.05) is 17.2 Å². The summed E-state index contributed by atoms with van der Waals surface area (Å²) < 4.78 is 21.9. The first kappa shape index (κ1) is 23.2. The van der Waals surface area contributed by atoms with Crippen LogP contribution in [0.4, 0.5) is 5.82 Å². The standard InChI is InChI=1S/C22H22N8O5/c1-12-5-7-13(8-6-12)19-18(25-29-30(19)21-20(23)27-35-28-21)22(31)26-24-11-14-9-16(33-3)17(34-4)10-15(14)32-2/h5-11H,1-4H3,(H2,23,27)(H,26,31). The molecule has 0 bridgehead atoms. The van der Waals surface area contributed by atoms with Crippen molar-refractivity contribution in [3.05, 3.63) is 53.2 Å². The number of methoxy groups -OCH3 is 3. The highest BCUT2D eigenvalue weighted by Crippen LogP contribution is 2.33. The van der Waals surface area contributed by atoms with Gasteiger partial charge in [-0.3, -0.25) is 4.79 Å². The van der Waals surface area contributed by atoms with Crippen molar-refractivity contribution in [3.63, 3.8) is 0 Å². The number of nitrogens with one attached hydrogen (secondary N) is 1. The van der Waals surface area contributed by atoms with E-state index in [1.807, 2.05) is 31.2 Å². The fourth-order valence-electron chi connectivity index (χ4n) is 3.26. The van der Waals surface area contributed by atoms with E-state index in [-0.39, 0.29) is 17.3 Å². The van der Waals surface area contributed by atoms with Crippen LogP contribution in [0.3, 0.4) is 0 Å². The summed E-state index contributed by atoms with van der Waals surface area (Å²) in [5.41, 5.74) is 10.9. The Bertz CT molecular complexity index is 1380. The highest BCUT2D eigenvalue weighted by atomic mass is 16.6. The zero-order chi connectivity index (χ0) is 24.9. The Morgan fingerprint density at radius 3 is 2.37 bits per heavy atom. The van der Waals surface area contributed by atoms with E-state index in [0.29, 0.717) is 34.1 Å². The van der Waals surface area contributed by atoms with E-state index >= 15 is 0 Å². The number of nitrogens with zero attached hydrogens (tertiary/aromatic N) is 6. The molecule has 1 amide bonds. The number of anilines is 1. The molecular weight excluding hydrogens is 456 g/mol. The molecule has 0 unspecified atom stereocenters. The number of benzene rings is 2. The van der Waals surface area contributed by atoms with Gasteiger partial charge >= 0.3 is 0 Å². The SMILES string of the molecule is COc1cc(OC)c(OC)cc1C=NNC(=O)c1nnn(-c2nonc2N)c1-c1ccc(C)cc1. The lowest BCUT2D eigenvalue weighted by Gasteiger charge is -2.11. The minimum atomic E-state index is -0.613. The van der Waals surface area contributed by atoms with Crippen LogP contribution in [0.5, 0.6) is 17.2 Å². The van der Waals surface area contributed by atoms with E-state index in [4.69, 9.17) is 19.9 Å². The van der Waals surface area contributed by atoms with Crippen LogP contribution >= 0.6 is 0 Å². The van der Waals surface area contributed by atoms with Gasteiger partial charge < -0.3 is 19.9 Å². The van der Waals surface area contributed by atoms with Crippen molar-refractivity contribution in [1.29, 1.82) is 0 Å². The Balaban J connectivity index is 1.67. The first-order valence-electron chi connectivity index (χ1n) is 10.2. The van der Waals surface area contributed by atoms with Gasteiger partial charge in [0.2, 0.25) is 11.6 Å². The molecule has 4 aromatic rings. The molecule has 0 radical (unpaired) electrons. The molecule has 0 atom stereocenters. The molecule has 0 aliphatic heterocycles. The maximum atomic E-state index is 13.0. The molecule has 0 saturated heterocycles. The van der Waals surface area contributed by atoms with E-state index in [1.165, 1.54) is 32.2 Å². The molecule has 13 nitrogen and oxygen atoms in total. The van der Waals surface area contributed by atoms with Crippen LogP contribution in [0.1, 0.15) is 21.6 Å². The molecule has 3 N–H and O–H groups in total. The summed E-state index contributed by atoms with van der Waals surface area (Å²) in [6, 6.07) is 10.7. The van der Waals surface area contributed by atoms with Gasteiger partial charge in [0.25, 0.3) is 5.91 Å². The molecule has 0 saturated carbocycles. The molecule has 2 aromatic carbocycles. The Morgan fingerprint density at radius 2 is 1.74 bits per heavy atom. The van der Waals surface area contributed by atoms with E-state index < -0.39 is 5.91 Å². The maximum absolute atomic E-state index is 13.0. The summed E-state index contributed by atoms with van der Waals surface area (Å²) in [7, 11) is 4.54. The predicted octanol–water partition coefficient (Wildman–Crippen LogP) is 2.00. The number of rotatable bonds is 8. The molecule has 0 fully saturated rings. The fraction of sp³-hybridized carbons (Fsp3) is 0.182. The molecule has 180 valence electrons. The zero-order valence-electron chi connectivity index (χ0n) is 19.3. The number of nitrogens with two attached hydrogens (primary N) is 1. The van der Waals surface area contributed by atoms with E-state index in [0.717, 1.165) is 5.56 Å². The summed E-state index contributed by atoms with van der Waals surface area (Å²) in [6.45, 7) is 1.95. The van der Waals surface area contributed by atoms with E-state index in [1.54, 1.807) is 12.1 Å². The molecule has 35 heavy (non-hydrogen) atoms. The van der Waals surface area contributed by atoms with Crippen molar-refractivity contribution in [2.24, 2.45) is 5.10 Å². The molecule has 4 rings (SSSR count). The lowest BCUT2D eigenvalue weighted by atomic mass is 10.1. The first-order chi connectivity index (χ1) is 17.0. The summed E-state index contributed by atoms with van der Waals surface area (Å²) in [6.07, 6.45) is 1.41.